The van der Waals surface area contributed by atoms with E-state index in [1.165, 1.54) is 27.7 Å². The van der Waals surface area contributed by atoms with Gasteiger partial charge in [0.25, 0.3) is 0 Å². The van der Waals surface area contributed by atoms with Gasteiger partial charge in [-0.15, -0.1) is 0 Å². The molecule has 0 aromatic heterocycles. The normalized spacial score (nSPS) is 9.08. The van der Waals surface area contributed by atoms with Gasteiger partial charge in [0.1, 0.15) is 48.8 Å². The van der Waals surface area contributed by atoms with Gasteiger partial charge in [0.05, 0.1) is 19.8 Å². The summed E-state index contributed by atoms with van der Waals surface area (Å²) in [6.07, 6.45) is -0.851. The Hall–Kier alpha value is -3.56. The van der Waals surface area contributed by atoms with Crippen molar-refractivity contribution in [3.63, 3.8) is 0 Å². The van der Waals surface area contributed by atoms with Gasteiger partial charge in [-0.3, -0.25) is 38.4 Å². The Balaban J connectivity index is -0.000000116. The Kier molecular flexibility index (Phi) is 31.8. The van der Waals surface area contributed by atoms with Crippen LogP contribution in [0.15, 0.2) is 0 Å². The number of carboxylic acids is 4. The molecule has 37 heavy (non-hydrogen) atoms. The fraction of sp³-hybridized carbons (Fsp3) is 0.636. The highest BCUT2D eigenvalue weighted by molar-refractivity contribution is 5.94. The van der Waals surface area contributed by atoms with E-state index in [1.807, 2.05) is 6.92 Å². The van der Waals surface area contributed by atoms with Crippen LogP contribution in [0.3, 0.4) is 0 Å². The van der Waals surface area contributed by atoms with Crippen molar-refractivity contribution in [3.8, 4) is 0 Å². The smallest absolute Gasteiger partial charge is 0.310 e. The Bertz CT molecular complexity index is 567. The van der Waals surface area contributed by atoms with Gasteiger partial charge < -0.3 is 35.7 Å². The Morgan fingerprint density at radius 3 is 0.622 bits per heavy atom. The van der Waals surface area contributed by atoms with Crippen molar-refractivity contribution in [1.29, 1.82) is 0 Å². The summed E-state index contributed by atoms with van der Waals surface area (Å²) in [6, 6.07) is 0. The predicted molar refractivity (Wildman–Crippen MR) is 126 cm³/mol. The Morgan fingerprint density at radius 1 is 0.459 bits per heavy atom. The third kappa shape index (κ3) is 50.3. The summed E-state index contributed by atoms with van der Waals surface area (Å²) < 4.78 is 0. The third-order valence-corrected chi connectivity index (χ3v) is 3.36. The third-order valence-electron chi connectivity index (χ3n) is 3.36. The lowest BCUT2D eigenvalue weighted by Gasteiger charge is -2.24. The van der Waals surface area contributed by atoms with E-state index >= 15 is 0 Å². The van der Waals surface area contributed by atoms with Crippen molar-refractivity contribution in [3.05, 3.63) is 0 Å². The quantitative estimate of drug-likeness (QED) is 0.154. The lowest BCUT2D eigenvalue weighted by Crippen LogP contribution is -2.32. The lowest BCUT2D eigenvalue weighted by molar-refractivity contribution is -0.141. The van der Waals surface area contributed by atoms with Gasteiger partial charge in [0.15, 0.2) is 0 Å². The Labute approximate surface area is 213 Å². The number of aliphatic hydroxyl groups is 3. The van der Waals surface area contributed by atoms with Crippen molar-refractivity contribution in [2.45, 2.75) is 66.7 Å². The Morgan fingerprint density at radius 2 is 0.622 bits per heavy atom. The zero-order chi connectivity index (χ0) is 30.8. The van der Waals surface area contributed by atoms with Crippen LogP contribution in [0, 0.1) is 5.41 Å². The van der Waals surface area contributed by atoms with Crippen molar-refractivity contribution in [2.75, 3.05) is 19.8 Å². The first-order chi connectivity index (χ1) is 16.7. The molecule has 0 aliphatic heterocycles. The molecule has 0 fully saturated rings. The molecule has 216 valence electrons. The van der Waals surface area contributed by atoms with Crippen LogP contribution in [0.1, 0.15) is 66.7 Å². The number of aliphatic hydroxyl groups excluding tert-OH is 3. The summed E-state index contributed by atoms with van der Waals surface area (Å²) in [6.45, 7) is 6.33. The van der Waals surface area contributed by atoms with E-state index in [-0.39, 0.29) is 68.6 Å². The summed E-state index contributed by atoms with van der Waals surface area (Å²) in [4.78, 5) is 77.8. The first-order valence-corrected chi connectivity index (χ1v) is 10.4. The second-order valence-electron chi connectivity index (χ2n) is 7.42. The highest BCUT2D eigenvalue weighted by Gasteiger charge is 2.24. The van der Waals surface area contributed by atoms with Crippen LogP contribution in [0.4, 0.5) is 0 Å². The topological polar surface area (TPSA) is 278 Å². The van der Waals surface area contributed by atoms with Crippen LogP contribution in [0.25, 0.3) is 0 Å². The van der Waals surface area contributed by atoms with Gasteiger partial charge in [-0.05, 0) is 34.1 Å². The van der Waals surface area contributed by atoms with E-state index in [9.17, 15) is 38.4 Å². The molecule has 15 nitrogen and oxygen atoms in total. The minimum absolute atomic E-state index is 0.156. The van der Waals surface area contributed by atoms with E-state index in [2.05, 4.69) is 0 Å². The number of aliphatic carboxylic acids is 4. The second kappa shape index (κ2) is 27.0. The van der Waals surface area contributed by atoms with Crippen LogP contribution in [-0.4, -0.2) is 103 Å². The number of carbonyl (C=O) groups excluding carboxylic acids is 4. The van der Waals surface area contributed by atoms with E-state index < -0.39 is 29.3 Å². The average molecular weight is 543 g/mol. The molecule has 7 N–H and O–H groups in total. The largest absolute Gasteiger partial charge is 0.481 e. The van der Waals surface area contributed by atoms with Crippen molar-refractivity contribution < 1.29 is 74.1 Å². The maximum atomic E-state index is 9.87. The average Bonchev–Trinajstić information content (AvgIpc) is 2.68. The summed E-state index contributed by atoms with van der Waals surface area (Å²) in [7, 11) is 0. The van der Waals surface area contributed by atoms with Crippen LogP contribution in [0.2, 0.25) is 0 Å². The van der Waals surface area contributed by atoms with Gasteiger partial charge in [-0.2, -0.15) is 0 Å². The number of rotatable bonds is 12. The number of hydrogen-bond donors (Lipinski definition) is 7. The molecule has 0 aliphatic rings. The minimum Gasteiger partial charge on any atom is -0.481 e. The van der Waals surface area contributed by atoms with Crippen molar-refractivity contribution in [2.24, 2.45) is 5.41 Å². The van der Waals surface area contributed by atoms with Crippen LogP contribution in [-0.2, 0) is 38.4 Å². The SMILES string of the molecule is CC(=O)CC(=O)O.CC(=O)CC(=O)O.CC(=O)CC(=O)O.CC(=O)CC(=O)O.CCC(CO)(CO)CO. The zero-order valence-corrected chi connectivity index (χ0v) is 21.6. The molecule has 0 rings (SSSR count). The van der Waals surface area contributed by atoms with Gasteiger partial charge in [-0.1, -0.05) is 6.92 Å². The molecule has 0 radical (unpaired) electrons. The van der Waals surface area contributed by atoms with Crippen LogP contribution in [0.5, 0.6) is 0 Å². The van der Waals surface area contributed by atoms with E-state index in [4.69, 9.17) is 35.7 Å². The van der Waals surface area contributed by atoms with Gasteiger partial charge >= 0.3 is 23.9 Å². The fourth-order valence-corrected chi connectivity index (χ4v) is 1.34. The van der Waals surface area contributed by atoms with Crippen molar-refractivity contribution in [1.82, 2.24) is 0 Å². The van der Waals surface area contributed by atoms with E-state index in [0.717, 1.165) is 0 Å². The van der Waals surface area contributed by atoms with Gasteiger partial charge in [-0.25, -0.2) is 0 Å². The molecule has 0 atom stereocenters. The second-order valence-corrected chi connectivity index (χ2v) is 7.42. The first-order valence-electron chi connectivity index (χ1n) is 10.4. The van der Waals surface area contributed by atoms with Crippen LogP contribution >= 0.6 is 0 Å². The molecule has 0 bridgehead atoms. The molecule has 0 amide bonds. The lowest BCUT2D eigenvalue weighted by atomic mass is 9.88. The number of hydrogen-bond acceptors (Lipinski definition) is 11. The summed E-state index contributed by atoms with van der Waals surface area (Å²) in [5.41, 5.74) is -0.667. The summed E-state index contributed by atoms with van der Waals surface area (Å²) in [5, 5.41) is 57.4. The molecule has 15 heteroatoms. The molecule has 0 saturated carbocycles. The van der Waals surface area contributed by atoms with Gasteiger partial charge in [0.2, 0.25) is 0 Å². The van der Waals surface area contributed by atoms with Crippen molar-refractivity contribution >= 4 is 47.0 Å². The number of ketones is 4. The van der Waals surface area contributed by atoms with E-state index in [1.54, 1.807) is 0 Å². The number of carbonyl (C=O) groups is 8. The molecular formula is C22H38O15. The molecule has 0 aromatic rings. The number of carboxylic acid groups (broad SMARTS) is 4. The maximum absolute atomic E-state index is 9.87. The minimum atomic E-state index is -1.06. The molecular weight excluding hydrogens is 504 g/mol. The molecule has 0 aromatic carbocycles. The molecule has 0 heterocycles. The maximum Gasteiger partial charge on any atom is 0.310 e. The molecule has 0 unspecified atom stereocenters. The van der Waals surface area contributed by atoms with Gasteiger partial charge in [0, 0.05) is 5.41 Å². The predicted octanol–water partition coefficient (Wildman–Crippen LogP) is -0.440. The summed E-state index contributed by atoms with van der Waals surface area (Å²) >= 11 is 0. The highest BCUT2D eigenvalue weighted by atomic mass is 16.4. The number of Topliss-reactive ketones (excluding diaryl/α,β-unsaturated/α-hetero) is 4. The standard InChI is InChI=1S/C6H14O3.4C4H6O3/c1-2-6(3-7,4-8)5-9;4*1-3(5)2-4(6)7/h7-9H,2-5H2,1H3;4*2H2,1H3,(H,6,7). The summed E-state index contributed by atoms with van der Waals surface area (Å²) in [5.74, 6) is -5.50. The molecule has 0 saturated heterocycles. The van der Waals surface area contributed by atoms with Crippen LogP contribution < -0.4 is 0 Å². The molecule has 0 spiro atoms. The fourth-order valence-electron chi connectivity index (χ4n) is 1.34. The van der Waals surface area contributed by atoms with E-state index in [0.29, 0.717) is 6.42 Å². The molecule has 0 aliphatic carbocycles. The highest BCUT2D eigenvalue weighted by Crippen LogP contribution is 2.18. The zero-order valence-electron chi connectivity index (χ0n) is 21.6. The first kappa shape index (κ1) is 43.5. The monoisotopic (exact) mass is 542 g/mol.